The largest absolute Gasteiger partial charge is 0.246 e. The molecule has 2 aromatic rings. The summed E-state index contributed by atoms with van der Waals surface area (Å²) in [6.45, 7) is 6.37. The van der Waals surface area contributed by atoms with E-state index in [2.05, 4.69) is 50.0 Å². The Morgan fingerprint density at radius 3 is 2.67 bits per heavy atom. The highest BCUT2D eigenvalue weighted by molar-refractivity contribution is 7.15. The molecule has 2 rings (SSSR count). The maximum absolute atomic E-state index is 4.55. The van der Waals surface area contributed by atoms with Crippen molar-refractivity contribution in [2.45, 2.75) is 27.2 Å². The van der Waals surface area contributed by atoms with Gasteiger partial charge in [0, 0.05) is 0 Å². The fraction of sp³-hybridized carbons (Fsp3) is 0.308. The van der Waals surface area contributed by atoms with Gasteiger partial charge in [0.25, 0.3) is 0 Å². The van der Waals surface area contributed by atoms with Gasteiger partial charge in [-0.1, -0.05) is 36.8 Å². The van der Waals surface area contributed by atoms with Gasteiger partial charge in [0.05, 0.1) is 15.6 Å². The van der Waals surface area contributed by atoms with Gasteiger partial charge in [-0.05, 0) is 25.8 Å². The molecule has 0 saturated carbocycles. The van der Waals surface area contributed by atoms with Crippen LogP contribution >= 0.6 is 11.3 Å². The molecule has 0 amide bonds. The number of rotatable bonds is 2. The Balaban J connectivity index is 2.48. The highest BCUT2D eigenvalue weighted by Crippen LogP contribution is 2.30. The molecule has 0 bridgehead atoms. The number of hydrogen-bond acceptors (Lipinski definition) is 2. The van der Waals surface area contributed by atoms with Crippen molar-refractivity contribution in [2.75, 3.05) is 0 Å². The Morgan fingerprint density at radius 1 is 1.27 bits per heavy atom. The number of aromatic nitrogens is 1. The van der Waals surface area contributed by atoms with Crippen molar-refractivity contribution in [3.05, 3.63) is 40.5 Å². The molecule has 0 aliphatic heterocycles. The molecule has 1 nitrogen and oxygen atoms in total. The predicted molar refractivity (Wildman–Crippen MR) is 66.4 cm³/mol. The summed E-state index contributed by atoms with van der Waals surface area (Å²) in [5.74, 6) is 0. The van der Waals surface area contributed by atoms with Gasteiger partial charge in [-0.25, -0.2) is 4.98 Å². The monoisotopic (exact) mass is 217 g/mol. The van der Waals surface area contributed by atoms with Crippen LogP contribution in [-0.4, -0.2) is 4.98 Å². The molecule has 0 saturated heterocycles. The van der Waals surface area contributed by atoms with Crippen LogP contribution in [-0.2, 0) is 6.42 Å². The van der Waals surface area contributed by atoms with Crippen LogP contribution in [0.2, 0.25) is 0 Å². The zero-order chi connectivity index (χ0) is 10.8. The molecule has 0 unspecified atom stereocenters. The average molecular weight is 217 g/mol. The highest BCUT2D eigenvalue weighted by Gasteiger charge is 2.08. The SMILES string of the molecule is CCc1nc(C)c(-c2cccc(C)c2)s1. The summed E-state index contributed by atoms with van der Waals surface area (Å²) < 4.78 is 0. The predicted octanol–water partition coefficient (Wildman–Crippen LogP) is 3.99. The molecule has 0 spiro atoms. The second-order valence-corrected chi connectivity index (χ2v) is 4.83. The van der Waals surface area contributed by atoms with Crippen LogP contribution in [0.1, 0.15) is 23.2 Å². The van der Waals surface area contributed by atoms with Gasteiger partial charge in [-0.3, -0.25) is 0 Å². The lowest BCUT2D eigenvalue weighted by Crippen LogP contribution is -1.79. The molecule has 15 heavy (non-hydrogen) atoms. The molecule has 0 N–H and O–H groups in total. The molecule has 0 atom stereocenters. The molecule has 1 aromatic heterocycles. The summed E-state index contributed by atoms with van der Waals surface area (Å²) in [5.41, 5.74) is 3.76. The van der Waals surface area contributed by atoms with Crippen LogP contribution in [0.25, 0.3) is 10.4 Å². The maximum Gasteiger partial charge on any atom is 0.0931 e. The van der Waals surface area contributed by atoms with E-state index in [0.717, 1.165) is 12.1 Å². The molecular formula is C13H15NS. The first kappa shape index (κ1) is 10.4. The minimum Gasteiger partial charge on any atom is -0.246 e. The van der Waals surface area contributed by atoms with E-state index in [0.29, 0.717) is 0 Å². The van der Waals surface area contributed by atoms with Crippen molar-refractivity contribution in [3.63, 3.8) is 0 Å². The third-order valence-electron chi connectivity index (χ3n) is 2.42. The van der Waals surface area contributed by atoms with Gasteiger partial charge in [0.2, 0.25) is 0 Å². The first-order valence-electron chi connectivity index (χ1n) is 5.24. The molecule has 78 valence electrons. The minimum atomic E-state index is 1.03. The number of hydrogen-bond donors (Lipinski definition) is 0. The lowest BCUT2D eigenvalue weighted by atomic mass is 10.1. The highest BCUT2D eigenvalue weighted by atomic mass is 32.1. The van der Waals surface area contributed by atoms with E-state index in [1.807, 2.05) is 11.3 Å². The number of nitrogens with zero attached hydrogens (tertiary/aromatic N) is 1. The van der Waals surface area contributed by atoms with Crippen molar-refractivity contribution >= 4 is 11.3 Å². The Labute approximate surface area is 94.8 Å². The van der Waals surface area contributed by atoms with Crippen LogP contribution in [0, 0.1) is 13.8 Å². The summed E-state index contributed by atoms with van der Waals surface area (Å²) in [6.07, 6.45) is 1.03. The number of aryl methyl sites for hydroxylation is 3. The van der Waals surface area contributed by atoms with Crippen LogP contribution in [0.4, 0.5) is 0 Å². The first-order valence-corrected chi connectivity index (χ1v) is 6.05. The Morgan fingerprint density at radius 2 is 2.07 bits per heavy atom. The van der Waals surface area contributed by atoms with E-state index in [9.17, 15) is 0 Å². The van der Waals surface area contributed by atoms with Crippen LogP contribution in [0.3, 0.4) is 0 Å². The van der Waals surface area contributed by atoms with Crippen LogP contribution in [0.15, 0.2) is 24.3 Å². The van der Waals surface area contributed by atoms with E-state index in [1.165, 1.54) is 21.0 Å². The topological polar surface area (TPSA) is 12.9 Å². The maximum atomic E-state index is 4.55. The fourth-order valence-electron chi connectivity index (χ4n) is 1.66. The average Bonchev–Trinajstić information content (AvgIpc) is 2.60. The summed E-state index contributed by atoms with van der Waals surface area (Å²) in [6, 6.07) is 8.61. The zero-order valence-electron chi connectivity index (χ0n) is 9.37. The van der Waals surface area contributed by atoms with E-state index >= 15 is 0 Å². The van der Waals surface area contributed by atoms with Crippen molar-refractivity contribution in [2.24, 2.45) is 0 Å². The van der Waals surface area contributed by atoms with E-state index < -0.39 is 0 Å². The second-order valence-electron chi connectivity index (χ2n) is 3.75. The lowest BCUT2D eigenvalue weighted by Gasteiger charge is -1.99. The minimum absolute atomic E-state index is 1.03. The molecule has 0 aliphatic carbocycles. The fourth-order valence-corrected chi connectivity index (χ4v) is 2.66. The molecule has 2 heteroatoms. The molecule has 1 heterocycles. The van der Waals surface area contributed by atoms with Gasteiger partial charge >= 0.3 is 0 Å². The Bertz CT molecular complexity index is 471. The van der Waals surface area contributed by atoms with Gasteiger partial charge in [0.15, 0.2) is 0 Å². The third-order valence-corrected chi connectivity index (χ3v) is 3.77. The summed E-state index contributed by atoms with van der Waals surface area (Å²) >= 11 is 1.81. The lowest BCUT2D eigenvalue weighted by molar-refractivity contribution is 1.07. The van der Waals surface area contributed by atoms with Gasteiger partial charge in [-0.15, -0.1) is 11.3 Å². The van der Waals surface area contributed by atoms with Gasteiger partial charge < -0.3 is 0 Å². The molecule has 0 radical (unpaired) electrons. The standard InChI is InChI=1S/C13H15NS/c1-4-12-14-10(3)13(15-12)11-7-5-6-9(2)8-11/h5-8H,4H2,1-3H3. The number of thiazole rings is 1. The molecular weight excluding hydrogens is 202 g/mol. The van der Waals surface area contributed by atoms with Crippen LogP contribution in [0.5, 0.6) is 0 Å². The Kier molecular flexibility index (Phi) is 2.87. The van der Waals surface area contributed by atoms with Gasteiger partial charge in [-0.2, -0.15) is 0 Å². The molecule has 0 fully saturated rings. The summed E-state index contributed by atoms with van der Waals surface area (Å²) in [7, 11) is 0. The van der Waals surface area contributed by atoms with E-state index in [-0.39, 0.29) is 0 Å². The van der Waals surface area contributed by atoms with Crippen molar-refractivity contribution < 1.29 is 0 Å². The number of benzene rings is 1. The normalized spacial score (nSPS) is 10.6. The quantitative estimate of drug-likeness (QED) is 0.741. The summed E-state index contributed by atoms with van der Waals surface area (Å²) in [4.78, 5) is 5.87. The third kappa shape index (κ3) is 2.10. The van der Waals surface area contributed by atoms with Crippen molar-refractivity contribution in [3.8, 4) is 10.4 Å². The van der Waals surface area contributed by atoms with Gasteiger partial charge in [0.1, 0.15) is 0 Å². The van der Waals surface area contributed by atoms with Crippen LogP contribution < -0.4 is 0 Å². The van der Waals surface area contributed by atoms with E-state index in [4.69, 9.17) is 0 Å². The molecule has 0 aliphatic rings. The summed E-state index contributed by atoms with van der Waals surface area (Å²) in [5, 5.41) is 1.23. The van der Waals surface area contributed by atoms with Crippen molar-refractivity contribution in [1.82, 2.24) is 4.98 Å². The molecule has 1 aromatic carbocycles. The zero-order valence-corrected chi connectivity index (χ0v) is 10.2. The Hall–Kier alpha value is -1.15. The van der Waals surface area contributed by atoms with E-state index in [1.54, 1.807) is 0 Å². The smallest absolute Gasteiger partial charge is 0.0931 e. The van der Waals surface area contributed by atoms with Crippen molar-refractivity contribution in [1.29, 1.82) is 0 Å². The first-order chi connectivity index (χ1) is 7.20. The second kappa shape index (κ2) is 4.15.